The Bertz CT molecular complexity index is 484. The standard InChI is InChI=1S/C10H10BrN3S/c1-5-6(2)13-10(14-9(5)12)7-3-4-8(11)15-7/h3-4H,1-2H3,(H2,12,13,14). The largest absolute Gasteiger partial charge is 0.383 e. The zero-order valence-corrected chi connectivity index (χ0v) is 10.8. The van der Waals surface area contributed by atoms with Crippen LogP contribution < -0.4 is 5.73 Å². The number of nitrogen functional groups attached to an aromatic ring is 1. The predicted octanol–water partition coefficient (Wildman–Crippen LogP) is 3.17. The molecule has 0 fully saturated rings. The molecule has 0 saturated carbocycles. The molecule has 0 atom stereocenters. The van der Waals surface area contributed by atoms with E-state index in [2.05, 4.69) is 25.9 Å². The van der Waals surface area contributed by atoms with Crippen molar-refractivity contribution in [3.63, 3.8) is 0 Å². The molecular weight excluding hydrogens is 274 g/mol. The molecule has 0 unspecified atom stereocenters. The van der Waals surface area contributed by atoms with Crippen LogP contribution >= 0.6 is 27.3 Å². The van der Waals surface area contributed by atoms with E-state index in [1.54, 1.807) is 11.3 Å². The third-order valence-corrected chi connectivity index (χ3v) is 3.84. The number of anilines is 1. The van der Waals surface area contributed by atoms with E-state index >= 15 is 0 Å². The summed E-state index contributed by atoms with van der Waals surface area (Å²) in [5, 5.41) is 0. The minimum absolute atomic E-state index is 0.557. The van der Waals surface area contributed by atoms with Crippen LogP contribution in [0.15, 0.2) is 15.9 Å². The summed E-state index contributed by atoms with van der Waals surface area (Å²) in [4.78, 5) is 9.71. The molecule has 0 bridgehead atoms. The normalized spacial score (nSPS) is 10.6. The minimum atomic E-state index is 0.557. The van der Waals surface area contributed by atoms with Gasteiger partial charge in [0.15, 0.2) is 5.82 Å². The van der Waals surface area contributed by atoms with Gasteiger partial charge >= 0.3 is 0 Å². The average molecular weight is 284 g/mol. The first-order valence-corrected chi connectivity index (χ1v) is 6.05. The fourth-order valence-electron chi connectivity index (χ4n) is 1.20. The maximum absolute atomic E-state index is 5.81. The summed E-state index contributed by atoms with van der Waals surface area (Å²) in [6.45, 7) is 3.87. The van der Waals surface area contributed by atoms with Crippen LogP contribution in [0.2, 0.25) is 0 Å². The lowest BCUT2D eigenvalue weighted by Crippen LogP contribution is -2.01. The van der Waals surface area contributed by atoms with Crippen molar-refractivity contribution in [2.24, 2.45) is 0 Å². The van der Waals surface area contributed by atoms with Gasteiger partial charge in [-0.15, -0.1) is 11.3 Å². The van der Waals surface area contributed by atoms with E-state index in [9.17, 15) is 0 Å². The quantitative estimate of drug-likeness (QED) is 0.875. The van der Waals surface area contributed by atoms with Crippen LogP contribution in [-0.2, 0) is 0 Å². The SMILES string of the molecule is Cc1nc(-c2ccc(Br)s2)nc(N)c1C. The van der Waals surface area contributed by atoms with Crippen molar-refractivity contribution in [3.8, 4) is 10.7 Å². The molecule has 78 valence electrons. The lowest BCUT2D eigenvalue weighted by Gasteiger charge is -2.04. The van der Waals surface area contributed by atoms with Gasteiger partial charge in [0.2, 0.25) is 0 Å². The predicted molar refractivity (Wildman–Crippen MR) is 66.9 cm³/mol. The molecule has 3 nitrogen and oxygen atoms in total. The highest BCUT2D eigenvalue weighted by atomic mass is 79.9. The molecule has 2 N–H and O–H groups in total. The van der Waals surface area contributed by atoms with Crippen LogP contribution in [0.25, 0.3) is 10.7 Å². The van der Waals surface area contributed by atoms with Gasteiger partial charge in [0.1, 0.15) is 5.82 Å². The second-order valence-electron chi connectivity index (χ2n) is 3.25. The number of hydrogen-bond acceptors (Lipinski definition) is 4. The van der Waals surface area contributed by atoms with Gasteiger partial charge in [-0.3, -0.25) is 0 Å². The van der Waals surface area contributed by atoms with E-state index in [0.717, 1.165) is 19.9 Å². The molecule has 0 radical (unpaired) electrons. The second-order valence-corrected chi connectivity index (χ2v) is 5.71. The molecule has 0 aliphatic carbocycles. The fourth-order valence-corrected chi connectivity index (χ4v) is 2.52. The van der Waals surface area contributed by atoms with Crippen LogP contribution in [0.4, 0.5) is 5.82 Å². The summed E-state index contributed by atoms with van der Waals surface area (Å²) >= 11 is 5.01. The van der Waals surface area contributed by atoms with Crippen molar-refractivity contribution in [1.29, 1.82) is 0 Å². The van der Waals surface area contributed by atoms with Gasteiger partial charge in [-0.2, -0.15) is 0 Å². The smallest absolute Gasteiger partial charge is 0.171 e. The molecule has 15 heavy (non-hydrogen) atoms. The Hall–Kier alpha value is -0.940. The van der Waals surface area contributed by atoms with Crippen molar-refractivity contribution in [2.45, 2.75) is 13.8 Å². The third-order valence-electron chi connectivity index (χ3n) is 2.22. The highest BCUT2D eigenvalue weighted by Crippen LogP contribution is 2.30. The first kappa shape index (κ1) is 10.6. The Balaban J connectivity index is 2.55. The summed E-state index contributed by atoms with van der Waals surface area (Å²) in [7, 11) is 0. The van der Waals surface area contributed by atoms with E-state index in [0.29, 0.717) is 11.6 Å². The molecule has 0 amide bonds. The number of aromatic nitrogens is 2. The monoisotopic (exact) mass is 283 g/mol. The van der Waals surface area contributed by atoms with Crippen molar-refractivity contribution in [1.82, 2.24) is 9.97 Å². The Morgan fingerprint density at radius 1 is 1.27 bits per heavy atom. The van der Waals surface area contributed by atoms with Crippen LogP contribution in [-0.4, -0.2) is 9.97 Å². The molecule has 0 aromatic carbocycles. The summed E-state index contributed by atoms with van der Waals surface area (Å²) < 4.78 is 1.07. The van der Waals surface area contributed by atoms with Gasteiger partial charge in [-0.1, -0.05) is 0 Å². The number of thiophene rings is 1. The van der Waals surface area contributed by atoms with E-state index in [1.165, 1.54) is 0 Å². The van der Waals surface area contributed by atoms with Gasteiger partial charge in [-0.05, 0) is 41.9 Å². The Labute approximate surface area is 101 Å². The van der Waals surface area contributed by atoms with Crippen LogP contribution in [0, 0.1) is 13.8 Å². The summed E-state index contributed by atoms with van der Waals surface area (Å²) in [6.07, 6.45) is 0. The molecule has 2 aromatic rings. The number of nitrogens with zero attached hydrogens (tertiary/aromatic N) is 2. The summed E-state index contributed by atoms with van der Waals surface area (Å²) in [6, 6.07) is 3.97. The Morgan fingerprint density at radius 3 is 2.53 bits per heavy atom. The summed E-state index contributed by atoms with van der Waals surface area (Å²) in [5.74, 6) is 1.26. The van der Waals surface area contributed by atoms with Crippen LogP contribution in [0.5, 0.6) is 0 Å². The number of nitrogens with two attached hydrogens (primary N) is 1. The van der Waals surface area contributed by atoms with E-state index in [-0.39, 0.29) is 0 Å². The fraction of sp³-hybridized carbons (Fsp3) is 0.200. The second kappa shape index (κ2) is 3.90. The molecule has 2 aromatic heterocycles. The molecule has 2 rings (SSSR count). The molecule has 5 heteroatoms. The lowest BCUT2D eigenvalue weighted by atomic mass is 10.2. The first-order chi connectivity index (χ1) is 7.08. The maximum Gasteiger partial charge on any atom is 0.171 e. The molecule has 0 saturated heterocycles. The van der Waals surface area contributed by atoms with Crippen molar-refractivity contribution >= 4 is 33.1 Å². The molecular formula is C10H10BrN3S. The number of hydrogen-bond donors (Lipinski definition) is 1. The van der Waals surface area contributed by atoms with E-state index < -0.39 is 0 Å². The maximum atomic E-state index is 5.81. The van der Waals surface area contributed by atoms with Crippen molar-refractivity contribution < 1.29 is 0 Å². The third kappa shape index (κ3) is 2.03. The highest BCUT2D eigenvalue weighted by molar-refractivity contribution is 9.11. The lowest BCUT2D eigenvalue weighted by molar-refractivity contribution is 1.08. The number of rotatable bonds is 1. The van der Waals surface area contributed by atoms with Crippen LogP contribution in [0.3, 0.4) is 0 Å². The Kier molecular flexibility index (Phi) is 2.75. The Morgan fingerprint density at radius 2 is 2.00 bits per heavy atom. The number of aryl methyl sites for hydroxylation is 1. The van der Waals surface area contributed by atoms with Crippen LogP contribution in [0.1, 0.15) is 11.3 Å². The first-order valence-electron chi connectivity index (χ1n) is 4.44. The van der Waals surface area contributed by atoms with E-state index in [1.807, 2.05) is 26.0 Å². The minimum Gasteiger partial charge on any atom is -0.383 e. The summed E-state index contributed by atoms with van der Waals surface area (Å²) in [5.41, 5.74) is 7.69. The van der Waals surface area contributed by atoms with Gasteiger partial charge < -0.3 is 5.73 Å². The highest BCUT2D eigenvalue weighted by Gasteiger charge is 2.08. The molecule has 0 aliphatic heterocycles. The topological polar surface area (TPSA) is 51.8 Å². The molecule has 2 heterocycles. The van der Waals surface area contributed by atoms with Gasteiger partial charge in [-0.25, -0.2) is 9.97 Å². The average Bonchev–Trinajstić information content (AvgIpc) is 2.60. The zero-order valence-electron chi connectivity index (χ0n) is 8.41. The van der Waals surface area contributed by atoms with Gasteiger partial charge in [0.05, 0.1) is 8.66 Å². The van der Waals surface area contributed by atoms with Crippen molar-refractivity contribution in [3.05, 3.63) is 27.2 Å². The number of halogens is 1. The zero-order chi connectivity index (χ0) is 11.0. The molecule has 0 aliphatic rings. The van der Waals surface area contributed by atoms with Gasteiger partial charge in [0, 0.05) is 11.3 Å². The van der Waals surface area contributed by atoms with Crippen molar-refractivity contribution in [2.75, 3.05) is 5.73 Å². The molecule has 0 spiro atoms. The van der Waals surface area contributed by atoms with Gasteiger partial charge in [0.25, 0.3) is 0 Å². The van der Waals surface area contributed by atoms with E-state index in [4.69, 9.17) is 5.73 Å².